The summed E-state index contributed by atoms with van der Waals surface area (Å²) in [4.78, 5) is 19.2. The molecule has 0 fully saturated rings. The lowest BCUT2D eigenvalue weighted by atomic mass is 9.89. The van der Waals surface area contributed by atoms with Gasteiger partial charge < -0.3 is 10.3 Å². The van der Waals surface area contributed by atoms with Crippen LogP contribution in [0.1, 0.15) is 35.6 Å². The number of amides is 1. The number of nitriles is 1. The lowest BCUT2D eigenvalue weighted by Gasteiger charge is -2.23. The molecular formula is C15H16N4O. The summed E-state index contributed by atoms with van der Waals surface area (Å²) in [6.07, 6.45) is 3.32. The highest BCUT2D eigenvalue weighted by atomic mass is 16.1. The van der Waals surface area contributed by atoms with E-state index in [2.05, 4.69) is 15.3 Å². The summed E-state index contributed by atoms with van der Waals surface area (Å²) in [5.41, 5.74) is 1.53. The highest BCUT2D eigenvalue weighted by Crippen LogP contribution is 2.20. The van der Waals surface area contributed by atoms with Gasteiger partial charge in [0.25, 0.3) is 5.91 Å². The number of aromatic amines is 1. The van der Waals surface area contributed by atoms with Gasteiger partial charge in [0.1, 0.15) is 5.69 Å². The van der Waals surface area contributed by atoms with Crippen LogP contribution in [0.2, 0.25) is 0 Å². The van der Waals surface area contributed by atoms with Crippen LogP contribution in [0.15, 0.2) is 36.7 Å². The lowest BCUT2D eigenvalue weighted by Crippen LogP contribution is -2.37. The van der Waals surface area contributed by atoms with Crippen molar-refractivity contribution in [2.75, 3.05) is 6.54 Å². The Bertz CT molecular complexity index is 638. The highest BCUT2D eigenvalue weighted by Gasteiger charge is 2.22. The number of nitrogens with one attached hydrogen (secondary N) is 2. The summed E-state index contributed by atoms with van der Waals surface area (Å²) in [6.45, 7) is 4.56. The molecule has 0 bridgehead atoms. The first-order valence-corrected chi connectivity index (χ1v) is 6.31. The normalized spacial score (nSPS) is 10.8. The van der Waals surface area contributed by atoms with Crippen LogP contribution in [0.3, 0.4) is 0 Å². The van der Waals surface area contributed by atoms with E-state index >= 15 is 0 Å². The van der Waals surface area contributed by atoms with Crippen molar-refractivity contribution in [1.29, 1.82) is 5.26 Å². The Balaban J connectivity index is 2.04. The summed E-state index contributed by atoms with van der Waals surface area (Å²) in [7, 11) is 0. The van der Waals surface area contributed by atoms with Crippen molar-refractivity contribution in [3.63, 3.8) is 0 Å². The van der Waals surface area contributed by atoms with E-state index in [9.17, 15) is 4.79 Å². The molecule has 1 amide bonds. The smallest absolute Gasteiger partial charge is 0.269 e. The van der Waals surface area contributed by atoms with Gasteiger partial charge in [0.2, 0.25) is 0 Å². The fourth-order valence-electron chi connectivity index (χ4n) is 1.86. The van der Waals surface area contributed by atoms with E-state index in [4.69, 9.17) is 5.26 Å². The maximum atomic E-state index is 12.0. The van der Waals surface area contributed by atoms with Gasteiger partial charge in [-0.1, -0.05) is 13.8 Å². The molecule has 0 unspecified atom stereocenters. The molecule has 0 saturated heterocycles. The number of hydrogen-bond acceptors (Lipinski definition) is 3. The monoisotopic (exact) mass is 268 g/mol. The molecule has 102 valence electrons. The third kappa shape index (κ3) is 3.04. The number of pyridine rings is 1. The number of H-pyrrole nitrogens is 1. The lowest BCUT2D eigenvalue weighted by molar-refractivity contribution is 0.0940. The molecule has 0 aliphatic heterocycles. The molecule has 0 aliphatic carbocycles. The fourth-order valence-corrected chi connectivity index (χ4v) is 1.86. The van der Waals surface area contributed by atoms with Gasteiger partial charge in [-0.3, -0.25) is 9.78 Å². The van der Waals surface area contributed by atoms with Crippen molar-refractivity contribution < 1.29 is 4.79 Å². The number of rotatable bonds is 4. The van der Waals surface area contributed by atoms with Crippen LogP contribution in [0.4, 0.5) is 0 Å². The van der Waals surface area contributed by atoms with Gasteiger partial charge in [-0.15, -0.1) is 0 Å². The van der Waals surface area contributed by atoms with E-state index in [0.717, 1.165) is 5.69 Å². The van der Waals surface area contributed by atoms with Gasteiger partial charge in [0, 0.05) is 30.0 Å². The largest absolute Gasteiger partial charge is 0.364 e. The number of aromatic nitrogens is 2. The number of nitrogens with zero attached hydrogens (tertiary/aromatic N) is 2. The van der Waals surface area contributed by atoms with E-state index in [1.54, 1.807) is 6.07 Å². The van der Waals surface area contributed by atoms with Crippen molar-refractivity contribution in [3.8, 4) is 6.07 Å². The molecule has 0 aromatic carbocycles. The van der Waals surface area contributed by atoms with Gasteiger partial charge in [0.15, 0.2) is 0 Å². The number of carbonyl (C=O) groups is 1. The molecule has 2 aromatic heterocycles. The summed E-state index contributed by atoms with van der Waals surface area (Å²) < 4.78 is 0. The van der Waals surface area contributed by atoms with Crippen molar-refractivity contribution in [3.05, 3.63) is 53.6 Å². The van der Waals surface area contributed by atoms with Crippen molar-refractivity contribution in [2.24, 2.45) is 0 Å². The maximum absolute atomic E-state index is 12.0. The standard InChI is InChI=1S/C15H16N4O/c1-15(2,13-4-3-6-18-13)10-19-14(20)12-8-11(9-16)5-7-17-12/h3-8,18H,10H2,1-2H3,(H,19,20). The molecule has 2 rings (SSSR count). The first-order chi connectivity index (χ1) is 9.53. The molecule has 5 heteroatoms. The summed E-state index contributed by atoms with van der Waals surface area (Å²) in [6, 6.07) is 8.96. The molecule has 20 heavy (non-hydrogen) atoms. The van der Waals surface area contributed by atoms with E-state index in [1.165, 1.54) is 12.3 Å². The molecule has 2 heterocycles. The molecule has 0 aliphatic rings. The third-order valence-corrected chi connectivity index (χ3v) is 3.14. The Hall–Kier alpha value is -2.61. The van der Waals surface area contributed by atoms with Crippen molar-refractivity contribution in [2.45, 2.75) is 19.3 Å². The van der Waals surface area contributed by atoms with Crippen LogP contribution >= 0.6 is 0 Å². The number of carbonyl (C=O) groups excluding carboxylic acids is 1. The van der Waals surface area contributed by atoms with Gasteiger partial charge in [-0.2, -0.15) is 5.26 Å². The maximum Gasteiger partial charge on any atom is 0.269 e. The minimum atomic E-state index is -0.276. The van der Waals surface area contributed by atoms with Crippen LogP contribution < -0.4 is 5.32 Å². The average Bonchev–Trinajstić information content (AvgIpc) is 3.00. The fraction of sp³-hybridized carbons (Fsp3) is 0.267. The SMILES string of the molecule is CC(C)(CNC(=O)c1cc(C#N)ccn1)c1ccc[nH]1. The van der Waals surface area contributed by atoms with E-state index in [0.29, 0.717) is 12.1 Å². The predicted molar refractivity (Wildman–Crippen MR) is 75.1 cm³/mol. The van der Waals surface area contributed by atoms with Crippen molar-refractivity contribution in [1.82, 2.24) is 15.3 Å². The van der Waals surface area contributed by atoms with Gasteiger partial charge >= 0.3 is 0 Å². The van der Waals surface area contributed by atoms with Gasteiger partial charge in [-0.25, -0.2) is 0 Å². The van der Waals surface area contributed by atoms with Crippen LogP contribution in [0.25, 0.3) is 0 Å². The Morgan fingerprint density at radius 1 is 1.50 bits per heavy atom. The predicted octanol–water partition coefficient (Wildman–Crippen LogP) is 1.99. The van der Waals surface area contributed by atoms with Crippen molar-refractivity contribution >= 4 is 5.91 Å². The Kier molecular flexibility index (Phi) is 3.85. The summed E-state index contributed by atoms with van der Waals surface area (Å²) in [5, 5.41) is 11.7. The molecule has 0 spiro atoms. The minimum Gasteiger partial charge on any atom is -0.364 e. The summed E-state index contributed by atoms with van der Waals surface area (Å²) in [5.74, 6) is -0.276. The van der Waals surface area contributed by atoms with Crippen LogP contribution in [-0.4, -0.2) is 22.4 Å². The van der Waals surface area contributed by atoms with E-state index < -0.39 is 0 Å². The molecule has 0 atom stereocenters. The van der Waals surface area contributed by atoms with Crippen LogP contribution in [0.5, 0.6) is 0 Å². The second-order valence-corrected chi connectivity index (χ2v) is 5.19. The van der Waals surface area contributed by atoms with Crippen LogP contribution in [0, 0.1) is 11.3 Å². The topological polar surface area (TPSA) is 81.6 Å². The molecule has 0 saturated carbocycles. The zero-order chi connectivity index (χ0) is 14.6. The first-order valence-electron chi connectivity index (χ1n) is 6.31. The molecule has 0 radical (unpaired) electrons. The number of hydrogen-bond donors (Lipinski definition) is 2. The Labute approximate surface area is 117 Å². The van der Waals surface area contributed by atoms with E-state index in [1.807, 2.05) is 38.2 Å². The summed E-state index contributed by atoms with van der Waals surface area (Å²) >= 11 is 0. The third-order valence-electron chi connectivity index (χ3n) is 3.14. The minimum absolute atomic E-state index is 0.202. The average molecular weight is 268 g/mol. The first kappa shape index (κ1) is 13.8. The van der Waals surface area contributed by atoms with E-state index in [-0.39, 0.29) is 17.0 Å². The van der Waals surface area contributed by atoms with Crippen LogP contribution in [-0.2, 0) is 5.41 Å². The second-order valence-electron chi connectivity index (χ2n) is 5.19. The van der Waals surface area contributed by atoms with Gasteiger partial charge in [0.05, 0.1) is 11.6 Å². The Morgan fingerprint density at radius 3 is 2.95 bits per heavy atom. The molecule has 5 nitrogen and oxygen atoms in total. The second kappa shape index (κ2) is 5.57. The van der Waals surface area contributed by atoms with Gasteiger partial charge in [-0.05, 0) is 24.3 Å². The molecular weight excluding hydrogens is 252 g/mol. The zero-order valence-corrected chi connectivity index (χ0v) is 11.5. The molecule has 2 aromatic rings. The Morgan fingerprint density at radius 2 is 2.30 bits per heavy atom. The molecule has 2 N–H and O–H groups in total. The highest BCUT2D eigenvalue weighted by molar-refractivity contribution is 5.92. The zero-order valence-electron chi connectivity index (χ0n) is 11.5. The quantitative estimate of drug-likeness (QED) is 0.889.